The number of halogens is 1. The molecule has 8 nitrogen and oxygen atoms in total. The second kappa shape index (κ2) is 8.97. The van der Waals surface area contributed by atoms with Gasteiger partial charge in [-0.05, 0) is 31.0 Å². The lowest BCUT2D eigenvalue weighted by atomic mass is 9.88. The van der Waals surface area contributed by atoms with E-state index < -0.39 is 4.92 Å². The van der Waals surface area contributed by atoms with E-state index in [0.717, 1.165) is 25.7 Å². The van der Waals surface area contributed by atoms with E-state index in [2.05, 4.69) is 21.0 Å². The van der Waals surface area contributed by atoms with Crippen LogP contribution in [0.1, 0.15) is 49.4 Å². The first-order valence-electron chi connectivity index (χ1n) is 10.1. The number of ether oxygens (including phenoxy) is 1. The topological polar surface area (TPSA) is 99.6 Å². The van der Waals surface area contributed by atoms with Crippen molar-refractivity contribution in [2.24, 2.45) is 5.10 Å². The number of fused-ring (bicyclic) bond motifs is 1. The number of hydrogen-bond donors (Lipinski definition) is 0. The predicted octanol–water partition coefficient (Wildman–Crippen LogP) is 5.01. The summed E-state index contributed by atoms with van der Waals surface area (Å²) in [6.45, 7) is 0. The fraction of sp³-hybridized carbons (Fsp3) is 0.318. The third-order valence-corrected chi connectivity index (χ3v) is 5.98. The number of nitro groups is 1. The molecule has 1 saturated carbocycles. The van der Waals surface area contributed by atoms with Crippen molar-refractivity contribution in [2.45, 2.75) is 38.0 Å². The zero-order valence-corrected chi connectivity index (χ0v) is 18.5. The number of rotatable bonds is 5. The zero-order valence-electron chi connectivity index (χ0n) is 17.0. The van der Waals surface area contributed by atoms with E-state index >= 15 is 0 Å². The second-order valence-corrected chi connectivity index (χ2v) is 8.40. The molecule has 0 unspecified atom stereocenters. The SMILES string of the molecule is COc1c(C=Nn2c(C3CCCCC3)nc3ccccc3c2=O)cc(Br)cc1[N+](=O)[O-]. The van der Waals surface area contributed by atoms with Crippen molar-refractivity contribution in [2.75, 3.05) is 7.11 Å². The molecular formula is C22H21BrN4O4. The van der Waals surface area contributed by atoms with Gasteiger partial charge in [0.1, 0.15) is 5.82 Å². The first-order valence-corrected chi connectivity index (χ1v) is 10.9. The summed E-state index contributed by atoms with van der Waals surface area (Å²) in [5, 5.41) is 16.3. The third kappa shape index (κ3) is 4.23. The molecule has 0 N–H and O–H groups in total. The number of nitro benzene ring substituents is 1. The lowest BCUT2D eigenvalue weighted by Crippen LogP contribution is -2.25. The molecule has 1 aromatic heterocycles. The lowest BCUT2D eigenvalue weighted by molar-refractivity contribution is -0.385. The fourth-order valence-electron chi connectivity index (χ4n) is 4.05. The first kappa shape index (κ1) is 21.2. The Morgan fingerprint density at radius 3 is 2.71 bits per heavy atom. The Bertz CT molecular complexity index is 1230. The summed E-state index contributed by atoms with van der Waals surface area (Å²) in [4.78, 5) is 28.9. The van der Waals surface area contributed by atoms with Gasteiger partial charge in [0.2, 0.25) is 5.75 Å². The molecule has 0 amide bonds. The van der Waals surface area contributed by atoms with Gasteiger partial charge in [0.25, 0.3) is 5.56 Å². The Morgan fingerprint density at radius 1 is 1.26 bits per heavy atom. The van der Waals surface area contributed by atoms with Crippen LogP contribution < -0.4 is 10.3 Å². The number of para-hydroxylation sites is 1. The molecule has 2 aromatic carbocycles. The Hall–Kier alpha value is -3.07. The number of benzene rings is 2. The molecule has 0 radical (unpaired) electrons. The Kier molecular flexibility index (Phi) is 6.13. The molecule has 1 aliphatic rings. The van der Waals surface area contributed by atoms with E-state index in [9.17, 15) is 14.9 Å². The van der Waals surface area contributed by atoms with Crippen LogP contribution >= 0.6 is 15.9 Å². The number of hydrogen-bond acceptors (Lipinski definition) is 6. The van der Waals surface area contributed by atoms with Gasteiger partial charge in [-0.2, -0.15) is 9.78 Å². The maximum atomic E-state index is 13.3. The van der Waals surface area contributed by atoms with Crippen LogP contribution in [0.3, 0.4) is 0 Å². The van der Waals surface area contributed by atoms with E-state index in [4.69, 9.17) is 9.72 Å². The first-order chi connectivity index (χ1) is 15.0. The molecule has 1 heterocycles. The zero-order chi connectivity index (χ0) is 22.0. The van der Waals surface area contributed by atoms with Crippen molar-refractivity contribution >= 4 is 38.7 Å². The van der Waals surface area contributed by atoms with Crippen molar-refractivity contribution in [3.63, 3.8) is 0 Å². The molecule has 1 aliphatic carbocycles. The van der Waals surface area contributed by atoms with Crippen LogP contribution in [0.15, 0.2) is 50.8 Å². The monoisotopic (exact) mass is 484 g/mol. The summed E-state index contributed by atoms with van der Waals surface area (Å²) in [6, 6.07) is 10.2. The molecule has 31 heavy (non-hydrogen) atoms. The molecule has 0 bridgehead atoms. The highest BCUT2D eigenvalue weighted by Gasteiger charge is 2.23. The molecule has 1 fully saturated rings. The second-order valence-electron chi connectivity index (χ2n) is 7.49. The lowest BCUT2D eigenvalue weighted by Gasteiger charge is -2.22. The van der Waals surface area contributed by atoms with Gasteiger partial charge in [-0.15, -0.1) is 0 Å². The van der Waals surface area contributed by atoms with Gasteiger partial charge in [0.05, 0.1) is 29.2 Å². The van der Waals surface area contributed by atoms with Gasteiger partial charge in [-0.1, -0.05) is 47.3 Å². The van der Waals surface area contributed by atoms with E-state index in [0.29, 0.717) is 26.8 Å². The number of aromatic nitrogens is 2. The summed E-state index contributed by atoms with van der Waals surface area (Å²) in [7, 11) is 1.37. The average molecular weight is 485 g/mol. The highest BCUT2D eigenvalue weighted by atomic mass is 79.9. The molecule has 0 spiro atoms. The van der Waals surface area contributed by atoms with Crippen molar-refractivity contribution in [3.8, 4) is 5.75 Å². The Balaban J connectivity index is 1.88. The minimum Gasteiger partial charge on any atom is -0.490 e. The van der Waals surface area contributed by atoms with Crippen LogP contribution in [0, 0.1) is 10.1 Å². The maximum absolute atomic E-state index is 13.3. The summed E-state index contributed by atoms with van der Waals surface area (Å²) in [5.74, 6) is 0.850. The van der Waals surface area contributed by atoms with Crippen molar-refractivity contribution in [1.82, 2.24) is 9.66 Å². The van der Waals surface area contributed by atoms with Gasteiger partial charge in [0, 0.05) is 22.0 Å². The largest absolute Gasteiger partial charge is 0.490 e. The molecular weight excluding hydrogens is 464 g/mol. The predicted molar refractivity (Wildman–Crippen MR) is 122 cm³/mol. The smallest absolute Gasteiger partial charge is 0.312 e. The van der Waals surface area contributed by atoms with E-state index in [1.165, 1.54) is 30.5 Å². The summed E-state index contributed by atoms with van der Waals surface area (Å²) in [6.07, 6.45) is 6.67. The highest BCUT2D eigenvalue weighted by Crippen LogP contribution is 2.34. The summed E-state index contributed by atoms with van der Waals surface area (Å²) in [5.41, 5.74) is 0.592. The van der Waals surface area contributed by atoms with Crippen molar-refractivity contribution in [1.29, 1.82) is 0 Å². The minimum absolute atomic E-state index is 0.0814. The van der Waals surface area contributed by atoms with Crippen LogP contribution in [-0.4, -0.2) is 27.9 Å². The molecule has 0 saturated heterocycles. The van der Waals surface area contributed by atoms with E-state index in [1.54, 1.807) is 18.2 Å². The van der Waals surface area contributed by atoms with Crippen molar-refractivity contribution < 1.29 is 9.66 Å². The summed E-state index contributed by atoms with van der Waals surface area (Å²) < 4.78 is 7.12. The average Bonchev–Trinajstić information content (AvgIpc) is 2.78. The molecule has 3 aromatic rings. The molecule has 0 aliphatic heterocycles. The van der Waals surface area contributed by atoms with Gasteiger partial charge >= 0.3 is 5.69 Å². The number of nitrogens with zero attached hydrogens (tertiary/aromatic N) is 4. The molecule has 0 atom stereocenters. The van der Waals surface area contributed by atoms with Gasteiger partial charge in [0.15, 0.2) is 0 Å². The third-order valence-electron chi connectivity index (χ3n) is 5.53. The fourth-order valence-corrected chi connectivity index (χ4v) is 4.51. The molecule has 9 heteroatoms. The van der Waals surface area contributed by atoms with Crippen LogP contribution in [-0.2, 0) is 0 Å². The maximum Gasteiger partial charge on any atom is 0.312 e. The minimum atomic E-state index is -0.516. The van der Waals surface area contributed by atoms with Crippen molar-refractivity contribution in [3.05, 3.63) is 72.7 Å². The van der Waals surface area contributed by atoms with Crippen LogP contribution in [0.2, 0.25) is 0 Å². The van der Waals surface area contributed by atoms with E-state index in [1.807, 2.05) is 12.1 Å². The molecule has 4 rings (SSSR count). The van der Waals surface area contributed by atoms with Gasteiger partial charge < -0.3 is 4.74 Å². The highest BCUT2D eigenvalue weighted by molar-refractivity contribution is 9.10. The van der Waals surface area contributed by atoms with E-state index in [-0.39, 0.29) is 22.9 Å². The summed E-state index contributed by atoms with van der Waals surface area (Å²) >= 11 is 3.29. The van der Waals surface area contributed by atoms with Gasteiger partial charge in [-0.3, -0.25) is 14.9 Å². The molecule has 160 valence electrons. The number of methoxy groups -OCH3 is 1. The van der Waals surface area contributed by atoms with Gasteiger partial charge in [-0.25, -0.2) is 4.98 Å². The Morgan fingerprint density at radius 2 is 2.00 bits per heavy atom. The van der Waals surface area contributed by atoms with Crippen LogP contribution in [0.25, 0.3) is 10.9 Å². The quantitative estimate of drug-likeness (QED) is 0.288. The van der Waals surface area contributed by atoms with Crippen LogP contribution in [0.4, 0.5) is 5.69 Å². The Labute approximate surface area is 186 Å². The standard InChI is InChI=1S/C22H21BrN4O4/c1-31-20-15(11-16(23)12-19(20)27(29)30)13-24-26-21(14-7-3-2-4-8-14)25-18-10-6-5-9-17(18)22(26)28/h5-6,9-14H,2-4,7-8H2,1H3. The normalized spacial score (nSPS) is 14.9. The van der Waals surface area contributed by atoms with Crippen LogP contribution in [0.5, 0.6) is 5.75 Å².